The maximum Gasteiger partial charge on any atom is 0.255 e. The van der Waals surface area contributed by atoms with Crippen LogP contribution in [0.25, 0.3) is 0 Å². The minimum Gasteiger partial charge on any atom is -0.328 e. The summed E-state index contributed by atoms with van der Waals surface area (Å²) in [5, 5.41) is 0. The largest absolute Gasteiger partial charge is 0.328 e. The van der Waals surface area contributed by atoms with Crippen molar-refractivity contribution in [1.29, 1.82) is 0 Å². The van der Waals surface area contributed by atoms with Gasteiger partial charge in [-0.3, -0.25) is 9.59 Å². The predicted molar refractivity (Wildman–Crippen MR) is 62.2 cm³/mol. The molecule has 3 nitrogen and oxygen atoms in total. The summed E-state index contributed by atoms with van der Waals surface area (Å²) < 4.78 is 0. The molecule has 1 aromatic rings. The molecule has 0 saturated heterocycles. The van der Waals surface area contributed by atoms with Crippen LogP contribution < -0.4 is 0 Å². The third-order valence-corrected chi connectivity index (χ3v) is 2.46. The summed E-state index contributed by atoms with van der Waals surface area (Å²) in [6.45, 7) is 1.75. The molecule has 0 aliphatic carbocycles. The molecule has 0 heterocycles. The predicted octanol–water partition coefficient (Wildman–Crippen LogP) is 1.59. The van der Waals surface area contributed by atoms with Crippen LogP contribution in [0.1, 0.15) is 27.6 Å². The van der Waals surface area contributed by atoms with Gasteiger partial charge < -0.3 is 4.90 Å². The summed E-state index contributed by atoms with van der Waals surface area (Å²) in [4.78, 5) is 24.2. The van der Waals surface area contributed by atoms with E-state index in [1.54, 1.807) is 38.2 Å². The number of amides is 1. The molecule has 0 aliphatic heterocycles. The molecule has 1 atom stereocenters. The van der Waals surface area contributed by atoms with E-state index in [2.05, 4.69) is 5.92 Å². The first-order valence-electron chi connectivity index (χ1n) is 4.89. The van der Waals surface area contributed by atoms with Crippen LogP contribution in [0.4, 0.5) is 0 Å². The minimum atomic E-state index is -0.299. The summed E-state index contributed by atoms with van der Waals surface area (Å²) in [5.41, 5.74) is 0.755. The highest BCUT2D eigenvalue weighted by Crippen LogP contribution is 2.10. The third-order valence-electron chi connectivity index (χ3n) is 2.46. The normalized spacial score (nSPS) is 11.3. The first-order chi connectivity index (χ1) is 7.61. The average molecular weight is 215 g/mol. The lowest BCUT2D eigenvalue weighted by atomic mass is 10.1. The highest BCUT2D eigenvalue weighted by molar-refractivity contribution is 6.01. The van der Waals surface area contributed by atoms with Gasteiger partial charge in [0.2, 0.25) is 0 Å². The molecule has 0 radical (unpaired) electrons. The molecule has 1 rings (SSSR count). The van der Waals surface area contributed by atoms with Gasteiger partial charge in [0.05, 0.1) is 11.6 Å². The Morgan fingerprint density at radius 2 is 2.12 bits per heavy atom. The second kappa shape index (κ2) is 5.13. The Hall–Kier alpha value is -2.08. The van der Waals surface area contributed by atoms with E-state index in [9.17, 15) is 9.59 Å². The van der Waals surface area contributed by atoms with Crippen molar-refractivity contribution in [2.45, 2.75) is 13.0 Å². The maximum atomic E-state index is 12.0. The number of rotatable bonds is 3. The maximum absolute atomic E-state index is 12.0. The van der Waals surface area contributed by atoms with E-state index in [0.717, 1.165) is 0 Å². The molecule has 1 aromatic carbocycles. The number of benzene rings is 1. The molecule has 0 spiro atoms. The highest BCUT2D eigenvalue weighted by Gasteiger charge is 2.18. The van der Waals surface area contributed by atoms with Crippen molar-refractivity contribution >= 4 is 12.2 Å². The Labute approximate surface area is 95.1 Å². The smallest absolute Gasteiger partial charge is 0.255 e. The van der Waals surface area contributed by atoms with Crippen molar-refractivity contribution < 1.29 is 9.59 Å². The average Bonchev–Trinajstić information content (AvgIpc) is 2.35. The van der Waals surface area contributed by atoms with Gasteiger partial charge in [0.1, 0.15) is 0 Å². The molecule has 0 aliphatic rings. The van der Waals surface area contributed by atoms with Crippen molar-refractivity contribution in [3.63, 3.8) is 0 Å². The van der Waals surface area contributed by atoms with Gasteiger partial charge in [-0.15, -0.1) is 6.42 Å². The molecule has 16 heavy (non-hydrogen) atoms. The molecule has 0 bridgehead atoms. The second-order valence-corrected chi connectivity index (χ2v) is 3.46. The number of carbonyl (C=O) groups is 2. The molecule has 0 fully saturated rings. The van der Waals surface area contributed by atoms with Crippen LogP contribution in [0.2, 0.25) is 0 Å². The number of nitrogens with zero attached hydrogens (tertiary/aromatic N) is 1. The summed E-state index contributed by atoms with van der Waals surface area (Å²) in [7, 11) is 1.62. The number of aldehydes is 1. The fourth-order valence-electron chi connectivity index (χ4n) is 1.27. The Bertz CT molecular complexity index is 445. The van der Waals surface area contributed by atoms with Crippen molar-refractivity contribution in [1.82, 2.24) is 4.90 Å². The second-order valence-electron chi connectivity index (χ2n) is 3.46. The molecule has 0 N–H and O–H groups in total. The molecule has 1 unspecified atom stereocenters. The molecular formula is C13H13NO2. The zero-order valence-electron chi connectivity index (χ0n) is 9.31. The van der Waals surface area contributed by atoms with Crippen LogP contribution in [-0.4, -0.2) is 30.2 Å². The number of hydrogen-bond donors (Lipinski definition) is 0. The number of hydrogen-bond acceptors (Lipinski definition) is 2. The van der Waals surface area contributed by atoms with Crippen molar-refractivity contribution in [2.24, 2.45) is 0 Å². The molecule has 0 saturated carbocycles. The van der Waals surface area contributed by atoms with Gasteiger partial charge in [-0.2, -0.15) is 0 Å². The van der Waals surface area contributed by atoms with Crippen LogP contribution in [0, 0.1) is 12.3 Å². The van der Waals surface area contributed by atoms with Crippen LogP contribution >= 0.6 is 0 Å². The van der Waals surface area contributed by atoms with E-state index in [4.69, 9.17) is 6.42 Å². The quantitative estimate of drug-likeness (QED) is 0.567. The van der Waals surface area contributed by atoms with Crippen LogP contribution in [0.15, 0.2) is 24.3 Å². The lowest BCUT2D eigenvalue weighted by Gasteiger charge is -2.21. The summed E-state index contributed by atoms with van der Waals surface area (Å²) in [6, 6.07) is 6.35. The van der Waals surface area contributed by atoms with Gasteiger partial charge in [0.25, 0.3) is 5.91 Å². The SMILES string of the molecule is C#CC(C)N(C)C(=O)c1ccccc1C=O. The van der Waals surface area contributed by atoms with E-state index in [0.29, 0.717) is 17.4 Å². The van der Waals surface area contributed by atoms with E-state index in [-0.39, 0.29) is 11.9 Å². The zero-order valence-corrected chi connectivity index (χ0v) is 9.31. The van der Waals surface area contributed by atoms with Gasteiger partial charge in [-0.25, -0.2) is 0 Å². The van der Waals surface area contributed by atoms with Crippen LogP contribution in [0.3, 0.4) is 0 Å². The molecule has 82 valence electrons. The fraction of sp³-hybridized carbons (Fsp3) is 0.231. The molecule has 1 amide bonds. The molecule has 3 heteroatoms. The Kier molecular flexibility index (Phi) is 3.84. The van der Waals surface area contributed by atoms with E-state index in [1.165, 1.54) is 4.90 Å². The Morgan fingerprint density at radius 1 is 1.50 bits per heavy atom. The van der Waals surface area contributed by atoms with E-state index in [1.807, 2.05) is 0 Å². The monoisotopic (exact) mass is 215 g/mol. The van der Waals surface area contributed by atoms with E-state index < -0.39 is 0 Å². The van der Waals surface area contributed by atoms with E-state index >= 15 is 0 Å². The molecular weight excluding hydrogens is 202 g/mol. The topological polar surface area (TPSA) is 37.4 Å². The highest BCUT2D eigenvalue weighted by atomic mass is 16.2. The van der Waals surface area contributed by atoms with Gasteiger partial charge in [0, 0.05) is 12.6 Å². The van der Waals surface area contributed by atoms with Crippen molar-refractivity contribution in [3.05, 3.63) is 35.4 Å². The lowest BCUT2D eigenvalue weighted by molar-refractivity contribution is 0.0771. The first kappa shape index (κ1) is 12.0. The van der Waals surface area contributed by atoms with Crippen molar-refractivity contribution in [3.8, 4) is 12.3 Å². The van der Waals surface area contributed by atoms with Gasteiger partial charge >= 0.3 is 0 Å². The summed E-state index contributed by atoms with van der Waals surface area (Å²) >= 11 is 0. The minimum absolute atomic E-state index is 0.242. The standard InChI is InChI=1S/C13H13NO2/c1-4-10(2)14(3)13(16)12-8-6-5-7-11(12)9-15/h1,5-10H,2-3H3. The Balaban J connectivity index is 3.06. The molecule has 0 aromatic heterocycles. The van der Waals surface area contributed by atoms with Crippen molar-refractivity contribution in [2.75, 3.05) is 7.05 Å². The van der Waals surface area contributed by atoms with Gasteiger partial charge in [0.15, 0.2) is 6.29 Å². The third kappa shape index (κ3) is 2.29. The number of carbonyl (C=O) groups excluding carboxylic acids is 2. The summed E-state index contributed by atoms with van der Waals surface area (Å²) in [5.74, 6) is 2.23. The Morgan fingerprint density at radius 3 is 2.69 bits per heavy atom. The number of terminal acetylenes is 1. The lowest BCUT2D eigenvalue weighted by Crippen LogP contribution is -2.34. The van der Waals surface area contributed by atoms with Crippen LogP contribution in [-0.2, 0) is 0 Å². The van der Waals surface area contributed by atoms with Crippen LogP contribution in [0.5, 0.6) is 0 Å². The van der Waals surface area contributed by atoms with Gasteiger partial charge in [-0.05, 0) is 13.0 Å². The fourth-order valence-corrected chi connectivity index (χ4v) is 1.27. The van der Waals surface area contributed by atoms with Gasteiger partial charge in [-0.1, -0.05) is 24.1 Å². The first-order valence-corrected chi connectivity index (χ1v) is 4.89. The zero-order chi connectivity index (χ0) is 12.1. The summed E-state index contributed by atoms with van der Waals surface area (Å²) in [6.07, 6.45) is 5.91.